The molecule has 1 aromatic carbocycles. The summed E-state index contributed by atoms with van der Waals surface area (Å²) in [5.41, 5.74) is 4.44. The molecule has 0 radical (unpaired) electrons. The van der Waals surface area contributed by atoms with Gasteiger partial charge in [-0.2, -0.15) is 0 Å². The Balaban J connectivity index is 2.53. The van der Waals surface area contributed by atoms with Crippen molar-refractivity contribution in [1.82, 2.24) is 0 Å². The molecule has 1 fully saturated rings. The number of amides is 1. The predicted octanol–water partition coefficient (Wildman–Crippen LogP) is 2.07. The molecule has 102 valence electrons. The van der Waals surface area contributed by atoms with Crippen LogP contribution in [0.2, 0.25) is 0 Å². The summed E-state index contributed by atoms with van der Waals surface area (Å²) in [5, 5.41) is 9.70. The molecule has 1 saturated carbocycles. The molecule has 0 saturated heterocycles. The lowest BCUT2D eigenvalue weighted by molar-refractivity contribution is -0.152. The average Bonchev–Trinajstić information content (AvgIpc) is 2.41. The number of carbonyl (C=O) groups excluding carboxylic acids is 1. The van der Waals surface area contributed by atoms with Gasteiger partial charge in [0.05, 0.1) is 0 Å². The molecule has 4 nitrogen and oxygen atoms in total. The minimum absolute atomic E-state index is 0.210. The maximum Gasteiger partial charge on any atom is 0.324 e. The molecule has 3 N–H and O–H groups in total. The van der Waals surface area contributed by atoms with Gasteiger partial charge in [0.15, 0.2) is 5.41 Å². The first-order valence-electron chi connectivity index (χ1n) is 6.69. The SMILES string of the molecule is NC(=O)C(C(=O)O)(c1ccccc1)C1CCCCC1. The van der Waals surface area contributed by atoms with Gasteiger partial charge < -0.3 is 10.8 Å². The van der Waals surface area contributed by atoms with E-state index in [2.05, 4.69) is 0 Å². The number of nitrogens with two attached hydrogens (primary N) is 1. The van der Waals surface area contributed by atoms with Crippen LogP contribution >= 0.6 is 0 Å². The fourth-order valence-electron chi connectivity index (χ4n) is 3.22. The molecule has 4 heteroatoms. The van der Waals surface area contributed by atoms with Crippen LogP contribution in [-0.4, -0.2) is 17.0 Å². The highest BCUT2D eigenvalue weighted by molar-refractivity contribution is 6.07. The van der Waals surface area contributed by atoms with Gasteiger partial charge >= 0.3 is 5.97 Å². The molecule has 0 aromatic heterocycles. The van der Waals surface area contributed by atoms with E-state index in [1.807, 2.05) is 0 Å². The third kappa shape index (κ3) is 2.23. The highest BCUT2D eigenvalue weighted by atomic mass is 16.4. The topological polar surface area (TPSA) is 80.4 Å². The van der Waals surface area contributed by atoms with Gasteiger partial charge in [-0.3, -0.25) is 9.59 Å². The third-order valence-corrected chi connectivity index (χ3v) is 4.17. The molecule has 0 heterocycles. The van der Waals surface area contributed by atoms with Crippen molar-refractivity contribution in [2.45, 2.75) is 37.5 Å². The molecular formula is C15H19NO3. The normalized spacial score (nSPS) is 19.6. The van der Waals surface area contributed by atoms with Gasteiger partial charge in [0.25, 0.3) is 0 Å². The van der Waals surface area contributed by atoms with Crippen molar-refractivity contribution in [3.05, 3.63) is 35.9 Å². The monoisotopic (exact) mass is 261 g/mol. The summed E-state index contributed by atoms with van der Waals surface area (Å²) in [5.74, 6) is -2.09. The minimum atomic E-state index is -1.58. The van der Waals surface area contributed by atoms with E-state index in [0.29, 0.717) is 5.56 Å². The Bertz CT molecular complexity index is 450. The van der Waals surface area contributed by atoms with E-state index in [1.54, 1.807) is 30.3 Å². The zero-order valence-electron chi connectivity index (χ0n) is 10.8. The molecule has 1 aliphatic carbocycles. The Morgan fingerprint density at radius 3 is 2.16 bits per heavy atom. The number of hydrogen-bond donors (Lipinski definition) is 2. The second-order valence-electron chi connectivity index (χ2n) is 5.18. The van der Waals surface area contributed by atoms with Crippen LogP contribution in [0.5, 0.6) is 0 Å². The van der Waals surface area contributed by atoms with Crippen LogP contribution in [0.1, 0.15) is 37.7 Å². The third-order valence-electron chi connectivity index (χ3n) is 4.17. The molecule has 0 spiro atoms. The molecule has 19 heavy (non-hydrogen) atoms. The number of carboxylic acid groups (broad SMARTS) is 1. The van der Waals surface area contributed by atoms with E-state index in [1.165, 1.54) is 0 Å². The Hall–Kier alpha value is -1.84. The molecule has 1 amide bonds. The van der Waals surface area contributed by atoms with Crippen molar-refractivity contribution < 1.29 is 14.7 Å². The lowest BCUT2D eigenvalue weighted by Gasteiger charge is -2.37. The van der Waals surface area contributed by atoms with Crippen LogP contribution < -0.4 is 5.73 Å². The summed E-state index contributed by atoms with van der Waals surface area (Å²) in [6.45, 7) is 0. The molecule has 2 rings (SSSR count). The molecular weight excluding hydrogens is 242 g/mol. The summed E-state index contributed by atoms with van der Waals surface area (Å²) in [6, 6.07) is 8.68. The van der Waals surface area contributed by atoms with Crippen molar-refractivity contribution in [3.63, 3.8) is 0 Å². The van der Waals surface area contributed by atoms with Gasteiger partial charge in [0.1, 0.15) is 0 Å². The molecule has 1 aliphatic rings. The zero-order valence-corrected chi connectivity index (χ0v) is 10.8. The average molecular weight is 261 g/mol. The van der Waals surface area contributed by atoms with Crippen LogP contribution in [0.25, 0.3) is 0 Å². The maximum absolute atomic E-state index is 12.0. The highest BCUT2D eigenvalue weighted by Crippen LogP contribution is 2.41. The number of rotatable bonds is 4. The van der Waals surface area contributed by atoms with Crippen molar-refractivity contribution >= 4 is 11.9 Å². The van der Waals surface area contributed by atoms with Gasteiger partial charge in [0.2, 0.25) is 5.91 Å². The Labute approximate surface area is 112 Å². The van der Waals surface area contributed by atoms with Crippen LogP contribution in [-0.2, 0) is 15.0 Å². The summed E-state index contributed by atoms with van der Waals surface area (Å²) >= 11 is 0. The summed E-state index contributed by atoms with van der Waals surface area (Å²) < 4.78 is 0. The Kier molecular flexibility index (Phi) is 3.88. The van der Waals surface area contributed by atoms with Crippen molar-refractivity contribution in [1.29, 1.82) is 0 Å². The zero-order chi connectivity index (χ0) is 13.9. The number of carboxylic acids is 1. The van der Waals surface area contributed by atoms with E-state index in [9.17, 15) is 14.7 Å². The molecule has 0 aliphatic heterocycles. The first-order chi connectivity index (χ1) is 9.10. The van der Waals surface area contributed by atoms with Crippen LogP contribution in [0.15, 0.2) is 30.3 Å². The number of primary amides is 1. The van der Waals surface area contributed by atoms with Crippen molar-refractivity contribution in [3.8, 4) is 0 Å². The number of aliphatic carboxylic acids is 1. The summed E-state index contributed by atoms with van der Waals surface area (Å²) in [7, 11) is 0. The lowest BCUT2D eigenvalue weighted by Crippen LogP contribution is -2.53. The minimum Gasteiger partial charge on any atom is -0.480 e. The van der Waals surface area contributed by atoms with E-state index in [-0.39, 0.29) is 5.92 Å². The van der Waals surface area contributed by atoms with Gasteiger partial charge in [0, 0.05) is 0 Å². The number of hydrogen-bond acceptors (Lipinski definition) is 2. The Morgan fingerprint density at radius 2 is 1.68 bits per heavy atom. The first-order valence-corrected chi connectivity index (χ1v) is 6.69. The second-order valence-corrected chi connectivity index (χ2v) is 5.18. The first kappa shape index (κ1) is 13.6. The molecule has 1 atom stereocenters. The number of carbonyl (C=O) groups is 2. The summed E-state index contributed by atoms with van der Waals surface area (Å²) in [6.07, 6.45) is 4.49. The largest absolute Gasteiger partial charge is 0.480 e. The highest BCUT2D eigenvalue weighted by Gasteiger charge is 2.52. The summed E-state index contributed by atoms with van der Waals surface area (Å²) in [4.78, 5) is 23.9. The standard InChI is InChI=1S/C15H19NO3/c16-13(17)15(14(18)19,11-7-3-1-4-8-11)12-9-5-2-6-10-12/h1,3-4,7-8,12H,2,5-6,9-10H2,(H2,16,17)(H,18,19). The molecule has 1 unspecified atom stereocenters. The Morgan fingerprint density at radius 1 is 1.11 bits per heavy atom. The molecule has 0 bridgehead atoms. The maximum atomic E-state index is 12.0. The van der Waals surface area contributed by atoms with Gasteiger partial charge in [-0.1, -0.05) is 49.6 Å². The second kappa shape index (κ2) is 5.43. The lowest BCUT2D eigenvalue weighted by atomic mass is 9.64. The van der Waals surface area contributed by atoms with Crippen LogP contribution in [0.3, 0.4) is 0 Å². The smallest absolute Gasteiger partial charge is 0.324 e. The fourth-order valence-corrected chi connectivity index (χ4v) is 3.22. The van der Waals surface area contributed by atoms with E-state index >= 15 is 0 Å². The fraction of sp³-hybridized carbons (Fsp3) is 0.467. The van der Waals surface area contributed by atoms with Gasteiger partial charge in [-0.15, -0.1) is 0 Å². The van der Waals surface area contributed by atoms with E-state index in [4.69, 9.17) is 5.73 Å². The quantitative estimate of drug-likeness (QED) is 0.814. The van der Waals surface area contributed by atoms with Crippen molar-refractivity contribution in [2.75, 3.05) is 0 Å². The van der Waals surface area contributed by atoms with E-state index in [0.717, 1.165) is 32.1 Å². The molecule has 1 aromatic rings. The van der Waals surface area contributed by atoms with Crippen LogP contribution in [0.4, 0.5) is 0 Å². The van der Waals surface area contributed by atoms with Crippen LogP contribution in [0, 0.1) is 5.92 Å². The van der Waals surface area contributed by atoms with Gasteiger partial charge in [-0.25, -0.2) is 0 Å². The van der Waals surface area contributed by atoms with Gasteiger partial charge in [-0.05, 0) is 24.3 Å². The predicted molar refractivity (Wildman–Crippen MR) is 71.5 cm³/mol. The van der Waals surface area contributed by atoms with Crippen molar-refractivity contribution in [2.24, 2.45) is 11.7 Å². The van der Waals surface area contributed by atoms with E-state index < -0.39 is 17.3 Å². The number of benzene rings is 1.